The fourth-order valence-electron chi connectivity index (χ4n) is 0.658. The van der Waals surface area contributed by atoms with E-state index in [1.807, 2.05) is 20.8 Å². The SMILES string of the molecule is [B]C(S)(C(=O)C(C)C)C(C)I. The lowest BCUT2D eigenvalue weighted by Crippen LogP contribution is -2.43. The maximum atomic E-state index is 11.4. The van der Waals surface area contributed by atoms with E-state index in [0.717, 1.165) is 0 Å². The highest BCUT2D eigenvalue weighted by Gasteiger charge is 2.33. The molecule has 0 bridgehead atoms. The van der Waals surface area contributed by atoms with Gasteiger partial charge in [0.25, 0.3) is 0 Å². The Hall–Kier alpha value is 0.815. The van der Waals surface area contributed by atoms with Gasteiger partial charge in [-0.15, -0.1) is 0 Å². The van der Waals surface area contributed by atoms with E-state index in [1.165, 1.54) is 0 Å². The Labute approximate surface area is 88.7 Å². The first kappa shape index (κ1) is 11.8. The van der Waals surface area contributed by atoms with Crippen LogP contribution in [0, 0.1) is 5.92 Å². The van der Waals surface area contributed by atoms with Gasteiger partial charge in [0.2, 0.25) is 0 Å². The molecule has 0 heterocycles. The average Bonchev–Trinajstić information content (AvgIpc) is 1.85. The monoisotopic (exact) mass is 282 g/mol. The third-order valence-corrected chi connectivity index (χ3v) is 3.61. The van der Waals surface area contributed by atoms with Crippen molar-refractivity contribution in [3.8, 4) is 0 Å². The number of Topliss-reactive ketones (excluding diaryl/α,β-unsaturated/α-hetero) is 1. The zero-order valence-electron chi connectivity index (χ0n) is 6.97. The fourth-order valence-corrected chi connectivity index (χ4v) is 1.22. The summed E-state index contributed by atoms with van der Waals surface area (Å²) in [5.41, 5.74) is 0. The normalized spacial score (nSPS) is 19.5. The van der Waals surface area contributed by atoms with Gasteiger partial charge in [-0.2, -0.15) is 12.6 Å². The van der Waals surface area contributed by atoms with Crippen LogP contribution >= 0.6 is 35.2 Å². The van der Waals surface area contributed by atoms with Crippen molar-refractivity contribution in [1.82, 2.24) is 0 Å². The highest BCUT2D eigenvalue weighted by atomic mass is 127. The zero-order chi connectivity index (χ0) is 9.23. The van der Waals surface area contributed by atoms with Crippen LogP contribution < -0.4 is 0 Å². The van der Waals surface area contributed by atoms with Crippen molar-refractivity contribution < 1.29 is 4.79 Å². The van der Waals surface area contributed by atoms with Crippen molar-refractivity contribution in [1.29, 1.82) is 0 Å². The van der Waals surface area contributed by atoms with Crippen molar-refractivity contribution in [3.63, 3.8) is 0 Å². The molecule has 62 valence electrons. The summed E-state index contributed by atoms with van der Waals surface area (Å²) >= 11 is 6.25. The summed E-state index contributed by atoms with van der Waals surface area (Å²) < 4.78 is -0.937. The molecule has 0 aromatic heterocycles. The summed E-state index contributed by atoms with van der Waals surface area (Å²) in [7, 11) is 5.71. The first-order chi connectivity index (χ1) is 4.80. The maximum absolute atomic E-state index is 11.4. The lowest BCUT2D eigenvalue weighted by Gasteiger charge is -2.27. The Kier molecular flexibility index (Phi) is 4.47. The van der Waals surface area contributed by atoms with Crippen molar-refractivity contribution in [2.45, 2.75) is 29.3 Å². The number of hydrogen-bond acceptors (Lipinski definition) is 2. The van der Waals surface area contributed by atoms with Gasteiger partial charge in [0, 0.05) is 14.5 Å². The number of carbonyl (C=O) groups excluding carboxylic acids is 1. The van der Waals surface area contributed by atoms with E-state index in [0.29, 0.717) is 0 Å². The van der Waals surface area contributed by atoms with Crippen molar-refractivity contribution in [2.24, 2.45) is 5.92 Å². The van der Waals surface area contributed by atoms with Gasteiger partial charge in [0.1, 0.15) is 13.6 Å². The smallest absolute Gasteiger partial charge is 0.143 e. The van der Waals surface area contributed by atoms with Crippen LogP contribution in [0.5, 0.6) is 0 Å². The molecule has 0 saturated heterocycles. The maximum Gasteiger partial charge on any atom is 0.143 e. The van der Waals surface area contributed by atoms with E-state index >= 15 is 0 Å². The molecule has 0 fully saturated rings. The van der Waals surface area contributed by atoms with Gasteiger partial charge < -0.3 is 0 Å². The molecule has 11 heavy (non-hydrogen) atoms. The first-order valence-corrected chi connectivity index (χ1v) is 5.19. The Morgan fingerprint density at radius 3 is 2.00 bits per heavy atom. The highest BCUT2D eigenvalue weighted by molar-refractivity contribution is 14.1. The predicted molar refractivity (Wildman–Crippen MR) is 60.8 cm³/mol. The molecule has 0 aromatic carbocycles. The first-order valence-electron chi connectivity index (χ1n) is 3.49. The number of hydrogen-bond donors (Lipinski definition) is 1. The summed E-state index contributed by atoms with van der Waals surface area (Å²) in [5, 5.41) is 0. The number of rotatable bonds is 3. The number of ketones is 1. The molecule has 0 rings (SSSR count). The zero-order valence-corrected chi connectivity index (χ0v) is 10.0. The minimum atomic E-state index is -0.977. The third-order valence-electron chi connectivity index (χ3n) is 1.53. The Morgan fingerprint density at radius 1 is 1.55 bits per heavy atom. The van der Waals surface area contributed by atoms with Crippen LogP contribution in [0.15, 0.2) is 0 Å². The molecule has 0 saturated carbocycles. The van der Waals surface area contributed by atoms with E-state index < -0.39 is 4.65 Å². The summed E-state index contributed by atoms with van der Waals surface area (Å²) in [6.45, 7) is 5.55. The summed E-state index contributed by atoms with van der Waals surface area (Å²) in [5.74, 6) is -0.0440. The molecular formula is C7H12BIOS. The molecule has 2 unspecified atom stereocenters. The van der Waals surface area contributed by atoms with Gasteiger partial charge in [0.15, 0.2) is 0 Å². The van der Waals surface area contributed by atoms with Crippen molar-refractivity contribution >= 4 is 48.8 Å². The molecule has 0 aliphatic rings. The van der Waals surface area contributed by atoms with E-state index in [1.54, 1.807) is 0 Å². The molecule has 0 aliphatic carbocycles. The molecule has 4 heteroatoms. The minimum Gasteiger partial charge on any atom is -0.299 e. The van der Waals surface area contributed by atoms with Crippen LogP contribution in [0.4, 0.5) is 0 Å². The Bertz CT molecular complexity index is 157. The molecule has 0 N–H and O–H groups in total. The number of thiol groups is 1. The molecule has 0 amide bonds. The van der Waals surface area contributed by atoms with Gasteiger partial charge in [-0.1, -0.05) is 43.4 Å². The lowest BCUT2D eigenvalue weighted by atomic mass is 9.76. The van der Waals surface area contributed by atoms with E-state index in [2.05, 4.69) is 35.2 Å². The highest BCUT2D eigenvalue weighted by Crippen LogP contribution is 2.25. The van der Waals surface area contributed by atoms with Crippen LogP contribution in [0.3, 0.4) is 0 Å². The standard InChI is InChI=1S/C7H12BIOS/c1-4(2)6(10)7(8,11)5(3)9/h4-5,11H,1-3H3. The molecule has 2 atom stereocenters. The second-order valence-electron chi connectivity index (χ2n) is 2.96. The molecule has 0 aromatic rings. The van der Waals surface area contributed by atoms with Gasteiger partial charge in [-0.25, -0.2) is 0 Å². The molecule has 2 radical (unpaired) electrons. The molecule has 0 aliphatic heterocycles. The van der Waals surface area contributed by atoms with Crippen LogP contribution in [0.2, 0.25) is 0 Å². The largest absolute Gasteiger partial charge is 0.299 e. The van der Waals surface area contributed by atoms with E-state index in [-0.39, 0.29) is 15.6 Å². The van der Waals surface area contributed by atoms with Gasteiger partial charge >= 0.3 is 0 Å². The average molecular weight is 282 g/mol. The van der Waals surface area contributed by atoms with Crippen LogP contribution in [-0.2, 0) is 4.79 Å². The van der Waals surface area contributed by atoms with Gasteiger partial charge in [-0.05, 0) is 0 Å². The second kappa shape index (κ2) is 4.17. The Morgan fingerprint density at radius 2 is 1.91 bits per heavy atom. The van der Waals surface area contributed by atoms with Gasteiger partial charge in [-0.3, -0.25) is 4.79 Å². The quantitative estimate of drug-likeness (QED) is 0.362. The van der Waals surface area contributed by atoms with Crippen LogP contribution in [-0.4, -0.2) is 22.2 Å². The summed E-state index contributed by atoms with van der Waals surface area (Å²) in [6, 6.07) is 0. The number of carbonyl (C=O) groups is 1. The Balaban J connectivity index is 4.43. The molecule has 0 spiro atoms. The van der Waals surface area contributed by atoms with E-state index in [4.69, 9.17) is 7.85 Å². The summed E-state index contributed by atoms with van der Waals surface area (Å²) in [4.78, 5) is 11.4. The predicted octanol–water partition coefficient (Wildman–Crippen LogP) is 1.83. The van der Waals surface area contributed by atoms with Crippen molar-refractivity contribution in [3.05, 3.63) is 0 Å². The topological polar surface area (TPSA) is 17.1 Å². The van der Waals surface area contributed by atoms with Crippen LogP contribution in [0.1, 0.15) is 20.8 Å². The third kappa shape index (κ3) is 2.97. The van der Waals surface area contributed by atoms with Crippen molar-refractivity contribution in [2.75, 3.05) is 0 Å². The van der Waals surface area contributed by atoms with Gasteiger partial charge in [0.05, 0.1) is 0 Å². The van der Waals surface area contributed by atoms with E-state index in [9.17, 15) is 4.79 Å². The lowest BCUT2D eigenvalue weighted by molar-refractivity contribution is -0.122. The second-order valence-corrected chi connectivity index (χ2v) is 5.57. The molecular weight excluding hydrogens is 270 g/mol. The number of halogens is 1. The molecule has 1 nitrogen and oxygen atoms in total. The van der Waals surface area contributed by atoms with Crippen LogP contribution in [0.25, 0.3) is 0 Å². The number of alkyl halides is 1. The minimum absolute atomic E-state index is 0.00253. The summed E-state index contributed by atoms with van der Waals surface area (Å²) in [6.07, 6.45) is 0. The fraction of sp³-hybridized carbons (Fsp3) is 0.857.